The maximum atomic E-state index is 10.9. The monoisotopic (exact) mass is 188 g/mol. The normalized spacial score (nSPS) is 14.2. The van der Waals surface area contributed by atoms with Crippen LogP contribution in [0.1, 0.15) is 27.7 Å². The van der Waals surface area contributed by atoms with Gasteiger partial charge < -0.3 is 15.8 Å². The van der Waals surface area contributed by atoms with Crippen molar-refractivity contribution >= 4 is 5.91 Å². The van der Waals surface area contributed by atoms with Crippen molar-refractivity contribution in [1.29, 1.82) is 0 Å². The molecule has 0 rings (SSSR count). The Kier molecular flexibility index (Phi) is 4.95. The van der Waals surface area contributed by atoms with Gasteiger partial charge in [0, 0.05) is 0 Å². The van der Waals surface area contributed by atoms with Gasteiger partial charge in [0.05, 0.1) is 12.2 Å². The van der Waals surface area contributed by atoms with Gasteiger partial charge in [-0.05, 0) is 27.3 Å². The molecule has 0 aromatic carbocycles. The lowest BCUT2D eigenvalue weighted by atomic mass is 10.2. The van der Waals surface area contributed by atoms with Gasteiger partial charge in [0.25, 0.3) is 0 Å². The molecule has 0 aromatic heterocycles. The van der Waals surface area contributed by atoms with Crippen molar-refractivity contribution in [2.45, 2.75) is 39.3 Å². The summed E-state index contributed by atoms with van der Waals surface area (Å²) in [5.41, 5.74) is 4.94. The molecular formula is C9H20N2O2. The van der Waals surface area contributed by atoms with E-state index in [2.05, 4.69) is 5.32 Å². The average Bonchev–Trinajstić information content (AvgIpc) is 1.95. The lowest BCUT2D eigenvalue weighted by Gasteiger charge is -2.23. The first kappa shape index (κ1) is 12.4. The first-order valence-electron chi connectivity index (χ1n) is 4.53. The molecule has 0 aliphatic heterocycles. The van der Waals surface area contributed by atoms with Crippen LogP contribution in [0.2, 0.25) is 0 Å². The molecular weight excluding hydrogens is 168 g/mol. The third-order valence-electron chi connectivity index (χ3n) is 1.48. The summed E-state index contributed by atoms with van der Waals surface area (Å²) in [7, 11) is 0. The molecule has 0 aliphatic rings. The highest BCUT2D eigenvalue weighted by Crippen LogP contribution is 2.06. The average molecular weight is 188 g/mol. The van der Waals surface area contributed by atoms with Crippen molar-refractivity contribution in [3.05, 3.63) is 0 Å². The number of nitrogens with one attached hydrogen (secondary N) is 1. The predicted octanol–water partition coefficient (Wildman–Crippen LogP) is 0.265. The van der Waals surface area contributed by atoms with Crippen LogP contribution in [-0.4, -0.2) is 30.7 Å². The summed E-state index contributed by atoms with van der Waals surface area (Å²) in [5.74, 6) is -0.369. The summed E-state index contributed by atoms with van der Waals surface area (Å²) in [4.78, 5) is 10.9. The highest BCUT2D eigenvalue weighted by Gasteiger charge is 2.18. The highest BCUT2D eigenvalue weighted by molar-refractivity contribution is 5.79. The summed E-state index contributed by atoms with van der Waals surface area (Å²) in [6.45, 7) is 8.78. The molecule has 0 saturated carbocycles. The molecule has 0 fully saturated rings. The van der Waals surface area contributed by atoms with Crippen molar-refractivity contribution in [2.24, 2.45) is 5.73 Å². The standard InChI is InChI=1S/C9H20N2O2/c1-5-11-7(8(10)12)6-13-9(2,3)4/h7,11H,5-6H2,1-4H3,(H2,10,12). The number of likely N-dealkylation sites (N-methyl/N-ethyl adjacent to an activating group) is 1. The van der Waals surface area contributed by atoms with Gasteiger partial charge in [-0.25, -0.2) is 0 Å². The van der Waals surface area contributed by atoms with Gasteiger partial charge >= 0.3 is 0 Å². The molecule has 1 amide bonds. The van der Waals surface area contributed by atoms with Crippen molar-refractivity contribution in [2.75, 3.05) is 13.2 Å². The van der Waals surface area contributed by atoms with E-state index in [1.165, 1.54) is 0 Å². The number of carbonyl (C=O) groups is 1. The molecule has 0 radical (unpaired) electrons. The second kappa shape index (κ2) is 5.19. The van der Waals surface area contributed by atoms with Gasteiger partial charge in [0.1, 0.15) is 6.04 Å². The fraction of sp³-hybridized carbons (Fsp3) is 0.889. The van der Waals surface area contributed by atoms with E-state index in [0.29, 0.717) is 13.2 Å². The van der Waals surface area contributed by atoms with Gasteiger partial charge in [-0.15, -0.1) is 0 Å². The number of hydrogen-bond donors (Lipinski definition) is 2. The van der Waals surface area contributed by atoms with Gasteiger partial charge in [-0.2, -0.15) is 0 Å². The van der Waals surface area contributed by atoms with Crippen LogP contribution in [0.4, 0.5) is 0 Å². The summed E-state index contributed by atoms with van der Waals surface area (Å²) in [6, 6.07) is -0.385. The Hall–Kier alpha value is -0.610. The number of primary amides is 1. The van der Waals surface area contributed by atoms with Crippen LogP contribution in [0.25, 0.3) is 0 Å². The summed E-state index contributed by atoms with van der Waals surface area (Å²) < 4.78 is 5.44. The summed E-state index contributed by atoms with van der Waals surface area (Å²) in [6.07, 6.45) is 0. The molecule has 0 aromatic rings. The van der Waals surface area contributed by atoms with E-state index in [-0.39, 0.29) is 17.6 Å². The van der Waals surface area contributed by atoms with Crippen molar-refractivity contribution in [3.63, 3.8) is 0 Å². The second-order valence-corrected chi connectivity index (χ2v) is 3.94. The molecule has 1 unspecified atom stereocenters. The summed E-state index contributed by atoms with van der Waals surface area (Å²) >= 11 is 0. The number of rotatable bonds is 5. The molecule has 3 N–H and O–H groups in total. The largest absolute Gasteiger partial charge is 0.374 e. The Bertz CT molecular complexity index is 163. The zero-order chi connectivity index (χ0) is 10.5. The second-order valence-electron chi connectivity index (χ2n) is 3.94. The number of hydrogen-bond acceptors (Lipinski definition) is 3. The smallest absolute Gasteiger partial charge is 0.236 e. The highest BCUT2D eigenvalue weighted by atomic mass is 16.5. The maximum Gasteiger partial charge on any atom is 0.236 e. The minimum Gasteiger partial charge on any atom is -0.374 e. The van der Waals surface area contributed by atoms with Crippen molar-refractivity contribution in [3.8, 4) is 0 Å². The van der Waals surface area contributed by atoms with Gasteiger partial charge in [-0.3, -0.25) is 4.79 Å². The van der Waals surface area contributed by atoms with E-state index < -0.39 is 0 Å². The zero-order valence-electron chi connectivity index (χ0n) is 8.89. The van der Waals surface area contributed by atoms with E-state index in [1.807, 2.05) is 27.7 Å². The van der Waals surface area contributed by atoms with Gasteiger partial charge in [-0.1, -0.05) is 6.92 Å². The fourth-order valence-electron chi connectivity index (χ4n) is 0.821. The van der Waals surface area contributed by atoms with Crippen LogP contribution < -0.4 is 11.1 Å². The van der Waals surface area contributed by atoms with Crippen LogP contribution >= 0.6 is 0 Å². The van der Waals surface area contributed by atoms with E-state index >= 15 is 0 Å². The van der Waals surface area contributed by atoms with Gasteiger partial charge in [0.15, 0.2) is 0 Å². The molecule has 13 heavy (non-hydrogen) atoms. The Morgan fingerprint density at radius 2 is 2.08 bits per heavy atom. The quantitative estimate of drug-likeness (QED) is 0.650. The van der Waals surface area contributed by atoms with Crippen molar-refractivity contribution in [1.82, 2.24) is 5.32 Å². The first-order valence-corrected chi connectivity index (χ1v) is 4.53. The molecule has 0 spiro atoms. The van der Waals surface area contributed by atoms with Crippen LogP contribution in [0, 0.1) is 0 Å². The third-order valence-corrected chi connectivity index (χ3v) is 1.48. The Morgan fingerprint density at radius 1 is 1.54 bits per heavy atom. The minimum atomic E-state index is -0.385. The maximum absolute atomic E-state index is 10.9. The number of amides is 1. The molecule has 0 heterocycles. The Morgan fingerprint density at radius 3 is 2.38 bits per heavy atom. The molecule has 1 atom stereocenters. The molecule has 0 saturated heterocycles. The van der Waals surface area contributed by atoms with E-state index in [9.17, 15) is 4.79 Å². The molecule has 4 heteroatoms. The Labute approximate surface area is 79.8 Å². The summed E-state index contributed by atoms with van der Waals surface area (Å²) in [5, 5.41) is 2.96. The number of ether oxygens (including phenoxy) is 1. The number of nitrogens with two attached hydrogens (primary N) is 1. The molecule has 4 nitrogen and oxygen atoms in total. The topological polar surface area (TPSA) is 64.3 Å². The first-order chi connectivity index (χ1) is 5.87. The lowest BCUT2D eigenvalue weighted by molar-refractivity contribution is -0.123. The Balaban J connectivity index is 3.90. The third kappa shape index (κ3) is 6.54. The number of carbonyl (C=O) groups excluding carboxylic acids is 1. The van der Waals surface area contributed by atoms with Crippen LogP contribution in [0.15, 0.2) is 0 Å². The molecule has 0 aliphatic carbocycles. The van der Waals surface area contributed by atoms with Crippen LogP contribution in [0.3, 0.4) is 0 Å². The SMILES string of the molecule is CCNC(COC(C)(C)C)C(N)=O. The van der Waals surface area contributed by atoms with Crippen LogP contribution in [0.5, 0.6) is 0 Å². The van der Waals surface area contributed by atoms with E-state index in [1.54, 1.807) is 0 Å². The lowest BCUT2D eigenvalue weighted by Crippen LogP contribution is -2.45. The van der Waals surface area contributed by atoms with Crippen molar-refractivity contribution < 1.29 is 9.53 Å². The molecule has 0 bridgehead atoms. The van der Waals surface area contributed by atoms with Gasteiger partial charge in [0.2, 0.25) is 5.91 Å². The van der Waals surface area contributed by atoms with E-state index in [4.69, 9.17) is 10.5 Å². The minimum absolute atomic E-state index is 0.233. The zero-order valence-corrected chi connectivity index (χ0v) is 8.89. The molecule has 78 valence electrons. The predicted molar refractivity (Wildman–Crippen MR) is 52.4 cm³/mol. The van der Waals surface area contributed by atoms with E-state index in [0.717, 1.165) is 0 Å². The fourth-order valence-corrected chi connectivity index (χ4v) is 0.821. The van der Waals surface area contributed by atoms with Crippen LogP contribution in [-0.2, 0) is 9.53 Å².